The minimum absolute atomic E-state index is 0. The van der Waals surface area contributed by atoms with E-state index in [0.29, 0.717) is 35.7 Å². The van der Waals surface area contributed by atoms with Crippen molar-refractivity contribution in [2.75, 3.05) is 20.3 Å². The molecule has 0 N–H and O–H groups in total. The van der Waals surface area contributed by atoms with Crippen molar-refractivity contribution in [3.63, 3.8) is 0 Å². The fourth-order valence-corrected chi connectivity index (χ4v) is 7.36. The largest absolute Gasteiger partial charge is 2.00 e. The van der Waals surface area contributed by atoms with Crippen LogP contribution in [0.4, 0.5) is 0 Å². The van der Waals surface area contributed by atoms with Crippen molar-refractivity contribution in [1.29, 1.82) is 0 Å². The third-order valence-corrected chi connectivity index (χ3v) is 10.2. The molecule has 6 rings (SSSR count). The van der Waals surface area contributed by atoms with E-state index in [0.717, 1.165) is 80.6 Å². The molecule has 8 bridgehead atoms. The third kappa shape index (κ3) is 6.37. The van der Waals surface area contributed by atoms with Gasteiger partial charge in [-0.15, -0.1) is 33.5 Å². The van der Waals surface area contributed by atoms with Gasteiger partial charge in [0.1, 0.15) is 5.92 Å². The number of carbonyl (C=O) groups excluding carboxylic acids is 2. The maximum Gasteiger partial charge on any atom is 2.00 e. The molecular weight excluding hydrogens is 625 g/mol. The number of ether oxygens (including phenoxy) is 2. The van der Waals surface area contributed by atoms with Crippen LogP contribution >= 0.6 is 0 Å². The van der Waals surface area contributed by atoms with Gasteiger partial charge in [0.2, 0.25) is 0 Å². The van der Waals surface area contributed by atoms with Crippen molar-refractivity contribution in [3.05, 3.63) is 102 Å². The van der Waals surface area contributed by atoms with E-state index in [-0.39, 0.29) is 40.7 Å². The number of rotatable bonds is 9. The van der Waals surface area contributed by atoms with Crippen molar-refractivity contribution in [2.45, 2.75) is 67.7 Å². The van der Waals surface area contributed by atoms with Gasteiger partial charge in [-0.2, -0.15) is 11.4 Å². The molecule has 1 aliphatic carbocycles. The van der Waals surface area contributed by atoms with Gasteiger partial charge in [0, 0.05) is 12.2 Å². The van der Waals surface area contributed by atoms with Gasteiger partial charge in [-0.25, -0.2) is 0 Å². The number of Topliss-reactive ketones (excluding diaryl/α,β-unsaturated/α-hetero) is 1. The van der Waals surface area contributed by atoms with Crippen LogP contribution in [0.15, 0.2) is 29.6 Å². The smallest absolute Gasteiger partial charge is 0.664 e. The van der Waals surface area contributed by atoms with E-state index < -0.39 is 11.9 Å². The van der Waals surface area contributed by atoms with Gasteiger partial charge in [-0.3, -0.25) is 9.59 Å². The number of aromatic nitrogens is 3. The van der Waals surface area contributed by atoms with E-state index in [4.69, 9.17) is 29.7 Å². The van der Waals surface area contributed by atoms with Gasteiger partial charge < -0.3 is 29.7 Å². The van der Waals surface area contributed by atoms with Gasteiger partial charge in [0.05, 0.1) is 13.7 Å². The molecule has 0 radical (unpaired) electrons. The van der Waals surface area contributed by atoms with Crippen molar-refractivity contribution < 1.29 is 19.1 Å². The molecule has 3 aliphatic rings. The number of nitrogens with zero attached hydrogens (tertiary/aromatic N) is 4. The number of carbonyl (C=O) groups is 2. The maximum atomic E-state index is 14.2. The molecular formula is C40H44MgN4O4-2. The molecule has 2 aliphatic heterocycles. The average Bonchev–Trinajstić information content (AvgIpc) is 3.79. The molecule has 49 heavy (non-hydrogen) atoms. The Morgan fingerprint density at radius 3 is 2.37 bits per heavy atom. The SMILES string of the molecule is C=Cc1c2[n-]c(c1C)/C=C1\[N-]/C(=C3\c4[n-]c(c(C)c4C(=O)[C@@H]3C(=O)OC)/C=c3\[n-]/c(c(C)c3CC)=C\2)[C@@H](CCCOCC=C(C)C)[C@@H]1C.[Mg+2]. The van der Waals surface area contributed by atoms with Crippen LogP contribution in [0.1, 0.15) is 101 Å². The zero-order valence-electron chi connectivity index (χ0n) is 30.0. The Bertz CT molecular complexity index is 2050. The van der Waals surface area contributed by atoms with E-state index in [9.17, 15) is 9.59 Å². The van der Waals surface area contributed by atoms with Gasteiger partial charge in [0.25, 0.3) is 0 Å². The summed E-state index contributed by atoms with van der Waals surface area (Å²) < 4.78 is 11.1. The number of methoxy groups -OCH3 is 1. The van der Waals surface area contributed by atoms with Crippen LogP contribution in [0.3, 0.4) is 0 Å². The minimum Gasteiger partial charge on any atom is -0.664 e. The zero-order valence-corrected chi connectivity index (χ0v) is 31.4. The van der Waals surface area contributed by atoms with Crippen molar-refractivity contribution in [3.8, 4) is 0 Å². The van der Waals surface area contributed by atoms with E-state index in [1.54, 1.807) is 0 Å². The second-order valence-corrected chi connectivity index (χ2v) is 13.3. The first-order valence-electron chi connectivity index (χ1n) is 16.8. The van der Waals surface area contributed by atoms with Crippen molar-refractivity contribution >= 4 is 64.7 Å². The van der Waals surface area contributed by atoms with Gasteiger partial charge in [0.15, 0.2) is 5.78 Å². The van der Waals surface area contributed by atoms with Gasteiger partial charge in [-0.1, -0.05) is 84.2 Å². The number of esters is 1. The first kappa shape index (κ1) is 36.5. The quantitative estimate of drug-likeness (QED) is 0.0985. The predicted molar refractivity (Wildman–Crippen MR) is 195 cm³/mol. The van der Waals surface area contributed by atoms with Crippen molar-refractivity contribution in [1.82, 2.24) is 15.0 Å². The van der Waals surface area contributed by atoms with Crippen LogP contribution in [-0.4, -0.2) is 55.1 Å². The van der Waals surface area contributed by atoms with E-state index >= 15 is 0 Å². The van der Waals surface area contributed by atoms with Crippen LogP contribution in [0, 0.1) is 38.5 Å². The normalized spacial score (nSPS) is 23.0. The molecule has 3 atom stereocenters. The molecule has 9 heteroatoms. The summed E-state index contributed by atoms with van der Waals surface area (Å²) in [6.45, 7) is 19.7. The zero-order chi connectivity index (χ0) is 34.4. The molecule has 1 saturated heterocycles. The Morgan fingerprint density at radius 1 is 0.980 bits per heavy atom. The molecule has 252 valence electrons. The van der Waals surface area contributed by atoms with E-state index in [2.05, 4.69) is 54.2 Å². The Hall–Kier alpha value is -3.79. The number of allylic oxidation sites excluding steroid dienone is 3. The number of fused-ring (bicyclic) bond motifs is 7. The molecule has 0 aromatic carbocycles. The number of hydrogen-bond donors (Lipinski definition) is 0. The molecule has 3 aromatic heterocycles. The fraction of sp³-hybridized carbons (Fsp3) is 0.400. The first-order chi connectivity index (χ1) is 23.0. The molecule has 0 saturated carbocycles. The summed E-state index contributed by atoms with van der Waals surface area (Å²) >= 11 is 0. The fourth-order valence-electron chi connectivity index (χ4n) is 7.36. The van der Waals surface area contributed by atoms with Crippen LogP contribution in [-0.2, 0) is 20.7 Å². The van der Waals surface area contributed by atoms with E-state index in [1.807, 2.05) is 31.2 Å². The summed E-state index contributed by atoms with van der Waals surface area (Å²) in [5, 5.41) is 6.90. The Labute approximate surface area is 305 Å². The van der Waals surface area contributed by atoms with Gasteiger partial charge in [-0.05, 0) is 71.3 Å². The molecule has 0 amide bonds. The second kappa shape index (κ2) is 14.6. The monoisotopic (exact) mass is 668 g/mol. The summed E-state index contributed by atoms with van der Waals surface area (Å²) in [6, 6.07) is 0. The average molecular weight is 669 g/mol. The van der Waals surface area contributed by atoms with Crippen LogP contribution in [0.25, 0.3) is 35.2 Å². The van der Waals surface area contributed by atoms with Gasteiger partial charge >= 0.3 is 29.0 Å². The summed E-state index contributed by atoms with van der Waals surface area (Å²) in [5.41, 5.74) is 11.5. The van der Waals surface area contributed by atoms with E-state index in [1.165, 1.54) is 12.7 Å². The Morgan fingerprint density at radius 2 is 1.69 bits per heavy atom. The summed E-state index contributed by atoms with van der Waals surface area (Å²) in [7, 11) is 1.32. The summed E-state index contributed by atoms with van der Waals surface area (Å²) in [4.78, 5) is 42.7. The molecule has 1 fully saturated rings. The summed E-state index contributed by atoms with van der Waals surface area (Å²) in [5.74, 6) is -2.09. The minimum atomic E-state index is -1.12. The second-order valence-electron chi connectivity index (χ2n) is 13.3. The number of hydrogen-bond acceptors (Lipinski definition) is 4. The van der Waals surface area contributed by atoms with Crippen LogP contribution in [0.2, 0.25) is 0 Å². The molecule has 8 nitrogen and oxygen atoms in total. The molecule has 5 heterocycles. The van der Waals surface area contributed by atoms with Crippen LogP contribution < -0.4 is 25.7 Å². The molecule has 0 unspecified atom stereocenters. The predicted octanol–water partition coefficient (Wildman–Crippen LogP) is 5.42. The molecule has 0 spiro atoms. The summed E-state index contributed by atoms with van der Waals surface area (Å²) in [6.07, 6.45) is 12.3. The topological polar surface area (TPSA) is 109 Å². The van der Waals surface area contributed by atoms with Crippen LogP contribution in [0.5, 0.6) is 0 Å². The standard InChI is InChI=1S/C40H45N4O4.Mg/c1-10-25-21(5)28-17-30-23(7)27(13-12-15-48-16-14-20(3)4)37(43-30)35-36(40(46)47-9)39(45)34-24(8)31(44-38(34)35)19-33-26(11-2)22(6)29(42-33)18-32(25)41-28;/h10,14,17-19,23,27,36H,1,11-13,15-16H2,2-9H3,(H-,43,44,45);/q-3;+2/p-1/b29-18-,30-17-,33-19-;/t23-,27-,36+;/m0./s1. The molecule has 3 aromatic rings. The third-order valence-electron chi connectivity index (χ3n) is 10.2. The Kier molecular flexibility index (Phi) is 10.9. The number of ketones is 1. The Balaban J connectivity index is 0.00000468. The van der Waals surface area contributed by atoms with Crippen molar-refractivity contribution in [2.24, 2.45) is 17.8 Å². The first-order valence-corrected chi connectivity index (χ1v) is 16.8. The maximum absolute atomic E-state index is 14.2.